The highest BCUT2D eigenvalue weighted by Crippen LogP contribution is 2.27. The van der Waals surface area contributed by atoms with Gasteiger partial charge < -0.3 is 19.1 Å². The van der Waals surface area contributed by atoms with Crippen LogP contribution in [0, 0.1) is 32.1 Å². The van der Waals surface area contributed by atoms with Crippen LogP contribution in [0.4, 0.5) is 5.69 Å². The van der Waals surface area contributed by atoms with Crippen LogP contribution in [0.5, 0.6) is 0 Å². The third-order valence-corrected chi connectivity index (χ3v) is 6.76. The van der Waals surface area contributed by atoms with Crippen molar-refractivity contribution in [1.82, 2.24) is 9.47 Å². The van der Waals surface area contributed by atoms with Gasteiger partial charge in [0, 0.05) is 48.9 Å². The normalized spacial score (nSPS) is 13.9. The Morgan fingerprint density at radius 1 is 0.972 bits per heavy atom. The Labute approximate surface area is 211 Å². The van der Waals surface area contributed by atoms with Crippen molar-refractivity contribution in [3.05, 3.63) is 88.2 Å². The summed E-state index contributed by atoms with van der Waals surface area (Å²) in [6.07, 6.45) is 1.67. The second-order valence-corrected chi connectivity index (χ2v) is 8.89. The molecule has 7 heteroatoms. The van der Waals surface area contributed by atoms with Crippen LogP contribution in [0.2, 0.25) is 0 Å². The Morgan fingerprint density at radius 2 is 1.67 bits per heavy atom. The van der Waals surface area contributed by atoms with Crippen LogP contribution in [-0.2, 0) is 9.53 Å². The summed E-state index contributed by atoms with van der Waals surface area (Å²) < 4.78 is 6.95. The number of hydrogen-bond donors (Lipinski definition) is 0. The number of carbonyl (C=O) groups is 2. The number of esters is 1. The maximum absolute atomic E-state index is 13.2. The zero-order valence-corrected chi connectivity index (χ0v) is 21.1. The number of ether oxygens (including phenoxy) is 1. The van der Waals surface area contributed by atoms with E-state index in [2.05, 4.69) is 23.1 Å². The quantitative estimate of drug-likeness (QED) is 0.305. The predicted molar refractivity (Wildman–Crippen MR) is 140 cm³/mol. The molecule has 4 rings (SSSR count). The molecule has 1 aromatic heterocycles. The van der Waals surface area contributed by atoms with Crippen LogP contribution in [0.1, 0.15) is 32.9 Å². The number of nitriles is 1. The van der Waals surface area contributed by atoms with Gasteiger partial charge in [0.05, 0.1) is 12.7 Å². The molecule has 1 aliphatic heterocycles. The molecular formula is C29H30N4O3. The predicted octanol–water partition coefficient (Wildman–Crippen LogP) is 4.44. The van der Waals surface area contributed by atoms with E-state index in [9.17, 15) is 14.9 Å². The van der Waals surface area contributed by atoms with E-state index in [0.717, 1.165) is 47.0 Å². The molecular weight excluding hydrogens is 452 g/mol. The number of aromatic nitrogens is 1. The second kappa shape index (κ2) is 10.5. The summed E-state index contributed by atoms with van der Waals surface area (Å²) in [6.45, 7) is 8.36. The lowest BCUT2D eigenvalue weighted by Crippen LogP contribution is -2.49. The fraction of sp³-hybridized carbons (Fsp3) is 0.276. The summed E-state index contributed by atoms with van der Waals surface area (Å²) in [5, 5.41) is 9.84. The number of amides is 1. The minimum absolute atomic E-state index is 0.114. The summed E-state index contributed by atoms with van der Waals surface area (Å²) in [6, 6.07) is 19.7. The first kappa shape index (κ1) is 24.8. The highest BCUT2D eigenvalue weighted by molar-refractivity contribution is 6.02. The van der Waals surface area contributed by atoms with Crippen LogP contribution in [0.3, 0.4) is 0 Å². The Morgan fingerprint density at radius 3 is 2.31 bits per heavy atom. The summed E-state index contributed by atoms with van der Waals surface area (Å²) in [7, 11) is 1.37. The third kappa shape index (κ3) is 4.76. The highest BCUT2D eigenvalue weighted by Gasteiger charge is 2.24. The van der Waals surface area contributed by atoms with Gasteiger partial charge in [0.1, 0.15) is 11.6 Å². The number of carbonyl (C=O) groups excluding carboxylic acids is 2. The largest absolute Gasteiger partial charge is 0.465 e. The molecule has 0 unspecified atom stereocenters. The molecule has 1 aliphatic rings. The van der Waals surface area contributed by atoms with E-state index < -0.39 is 0 Å². The van der Waals surface area contributed by atoms with Crippen molar-refractivity contribution < 1.29 is 14.3 Å². The number of nitrogens with zero attached hydrogens (tertiary/aromatic N) is 4. The Kier molecular flexibility index (Phi) is 7.25. The molecule has 2 heterocycles. The van der Waals surface area contributed by atoms with Crippen molar-refractivity contribution in [2.75, 3.05) is 38.2 Å². The van der Waals surface area contributed by atoms with Crippen LogP contribution in [-0.4, -0.2) is 54.6 Å². The van der Waals surface area contributed by atoms with Gasteiger partial charge in [-0.3, -0.25) is 4.79 Å². The first-order valence-corrected chi connectivity index (χ1v) is 11.9. The van der Waals surface area contributed by atoms with E-state index in [4.69, 9.17) is 4.74 Å². The van der Waals surface area contributed by atoms with Gasteiger partial charge in [-0.1, -0.05) is 24.3 Å². The average Bonchev–Trinajstić information content (AvgIpc) is 3.19. The zero-order valence-electron chi connectivity index (χ0n) is 21.1. The van der Waals surface area contributed by atoms with E-state index in [1.165, 1.54) is 7.11 Å². The summed E-state index contributed by atoms with van der Waals surface area (Å²) in [5.74, 6) is -0.638. The van der Waals surface area contributed by atoms with E-state index in [-0.39, 0.29) is 17.4 Å². The molecule has 0 aliphatic carbocycles. The van der Waals surface area contributed by atoms with Gasteiger partial charge >= 0.3 is 5.97 Å². The lowest BCUT2D eigenvalue weighted by Gasteiger charge is -2.36. The molecule has 0 atom stereocenters. The summed E-state index contributed by atoms with van der Waals surface area (Å²) >= 11 is 0. The van der Waals surface area contributed by atoms with Gasteiger partial charge in [0.15, 0.2) is 0 Å². The number of benzene rings is 2. The van der Waals surface area contributed by atoms with Crippen LogP contribution in [0.25, 0.3) is 11.8 Å². The van der Waals surface area contributed by atoms with Crippen LogP contribution >= 0.6 is 0 Å². The maximum atomic E-state index is 13.2. The minimum atomic E-state index is -0.387. The van der Waals surface area contributed by atoms with Gasteiger partial charge in [-0.2, -0.15) is 5.26 Å². The van der Waals surface area contributed by atoms with E-state index in [1.54, 1.807) is 17.0 Å². The van der Waals surface area contributed by atoms with Crippen molar-refractivity contribution in [2.45, 2.75) is 20.8 Å². The van der Waals surface area contributed by atoms with E-state index in [1.807, 2.05) is 61.7 Å². The lowest BCUT2D eigenvalue weighted by atomic mass is 10.1. The van der Waals surface area contributed by atoms with Crippen molar-refractivity contribution in [2.24, 2.45) is 0 Å². The SMILES string of the molecule is COC(=O)c1cccc(-n2c(C)cc(/C=C(/C#N)C(=O)N3CCN(c4ccccc4)CC3)c2C)c1C. The first-order chi connectivity index (χ1) is 17.3. The number of para-hydroxylation sites is 1. The fourth-order valence-corrected chi connectivity index (χ4v) is 4.78. The molecule has 184 valence electrons. The van der Waals surface area contributed by atoms with Crippen molar-refractivity contribution in [3.63, 3.8) is 0 Å². The smallest absolute Gasteiger partial charge is 0.338 e. The average molecular weight is 483 g/mol. The van der Waals surface area contributed by atoms with Crippen LogP contribution < -0.4 is 4.90 Å². The second-order valence-electron chi connectivity index (χ2n) is 8.89. The monoisotopic (exact) mass is 482 g/mol. The molecule has 0 bridgehead atoms. The van der Waals surface area contributed by atoms with Crippen molar-refractivity contribution >= 4 is 23.6 Å². The van der Waals surface area contributed by atoms with Crippen molar-refractivity contribution in [1.29, 1.82) is 5.26 Å². The number of rotatable bonds is 5. The standard InChI is InChI=1S/C29H30N4O3/c1-20-17-23(22(3)33(20)27-12-8-11-26(21(27)2)29(35)36-4)18-24(19-30)28(34)32-15-13-31(14-16-32)25-9-6-5-7-10-25/h5-12,17-18H,13-16H2,1-4H3/b24-18-. The van der Waals surface area contributed by atoms with Gasteiger partial charge in [-0.25, -0.2) is 4.79 Å². The molecule has 0 N–H and O–H groups in total. The molecule has 0 spiro atoms. The number of anilines is 1. The molecule has 1 amide bonds. The number of piperazine rings is 1. The topological polar surface area (TPSA) is 78.6 Å². The lowest BCUT2D eigenvalue weighted by molar-refractivity contribution is -0.126. The fourth-order valence-electron chi connectivity index (χ4n) is 4.78. The Hall–Kier alpha value is -4.31. The van der Waals surface area contributed by atoms with Gasteiger partial charge in [0.2, 0.25) is 0 Å². The first-order valence-electron chi connectivity index (χ1n) is 11.9. The van der Waals surface area contributed by atoms with Gasteiger partial charge in [-0.15, -0.1) is 0 Å². The molecule has 7 nitrogen and oxygen atoms in total. The third-order valence-electron chi connectivity index (χ3n) is 6.76. The van der Waals surface area contributed by atoms with Gasteiger partial charge in [0.25, 0.3) is 5.91 Å². The molecule has 0 saturated carbocycles. The molecule has 1 fully saturated rings. The molecule has 0 radical (unpaired) electrons. The van der Waals surface area contributed by atoms with Gasteiger partial charge in [-0.05, 0) is 68.3 Å². The zero-order chi connectivity index (χ0) is 25.8. The molecule has 36 heavy (non-hydrogen) atoms. The van der Waals surface area contributed by atoms with Crippen LogP contribution in [0.15, 0.2) is 60.2 Å². The minimum Gasteiger partial charge on any atom is -0.465 e. The number of hydrogen-bond acceptors (Lipinski definition) is 5. The molecule has 3 aromatic rings. The summed E-state index contributed by atoms with van der Waals surface area (Å²) in [5.41, 5.74) is 6.02. The van der Waals surface area contributed by atoms with E-state index >= 15 is 0 Å². The Bertz CT molecular complexity index is 1360. The maximum Gasteiger partial charge on any atom is 0.338 e. The molecule has 1 saturated heterocycles. The Balaban J connectivity index is 1.58. The van der Waals surface area contributed by atoms with Crippen molar-refractivity contribution in [3.8, 4) is 11.8 Å². The summed E-state index contributed by atoms with van der Waals surface area (Å²) in [4.78, 5) is 29.4. The van der Waals surface area contributed by atoms with E-state index in [0.29, 0.717) is 18.7 Å². The highest BCUT2D eigenvalue weighted by atomic mass is 16.5. The number of methoxy groups -OCH3 is 1. The number of aryl methyl sites for hydroxylation is 1. The molecule has 2 aromatic carbocycles.